The van der Waals surface area contributed by atoms with E-state index >= 15 is 0 Å². The highest BCUT2D eigenvalue weighted by atomic mass is 15.4. The van der Waals surface area contributed by atoms with Crippen LogP contribution in [0.2, 0.25) is 0 Å². The van der Waals surface area contributed by atoms with E-state index in [0.29, 0.717) is 5.84 Å². The summed E-state index contributed by atoms with van der Waals surface area (Å²) in [7, 11) is 0. The number of benzene rings is 3. The maximum Gasteiger partial charge on any atom is 0.179 e. The van der Waals surface area contributed by atoms with Crippen LogP contribution in [0.25, 0.3) is 5.69 Å². The first kappa shape index (κ1) is 23.1. The van der Waals surface area contributed by atoms with Gasteiger partial charge in [-0.15, -0.1) is 0 Å². The third-order valence-corrected chi connectivity index (χ3v) is 7.17. The lowest BCUT2D eigenvalue weighted by atomic mass is 9.96. The molecule has 4 heterocycles. The van der Waals surface area contributed by atoms with E-state index in [9.17, 15) is 0 Å². The molecule has 7 heteroatoms. The number of rotatable bonds is 3. The molecule has 1 N–H and O–H groups in total. The second-order valence-corrected chi connectivity index (χ2v) is 9.98. The SMILES string of the molecule is Cc1ccc(-n2nc(C)c3c2N=C2C(Nc4cccc(C)c4)=Nc4ccccc4N2[C@H]3c2ccccn2)cc1. The Labute approximate surface area is 227 Å². The lowest BCUT2D eigenvalue weighted by Crippen LogP contribution is -2.46. The summed E-state index contributed by atoms with van der Waals surface area (Å²) >= 11 is 0. The molecule has 3 aromatic carbocycles. The van der Waals surface area contributed by atoms with Crippen LogP contribution >= 0.6 is 0 Å². The molecule has 2 aromatic heterocycles. The van der Waals surface area contributed by atoms with Crippen LogP contribution in [0.5, 0.6) is 0 Å². The van der Waals surface area contributed by atoms with Crippen LogP contribution in [0.3, 0.4) is 0 Å². The third kappa shape index (κ3) is 3.90. The predicted molar refractivity (Wildman–Crippen MR) is 157 cm³/mol. The molecule has 0 spiro atoms. The molecule has 1 atom stereocenters. The van der Waals surface area contributed by atoms with Gasteiger partial charge in [0.15, 0.2) is 17.5 Å². The van der Waals surface area contributed by atoms with Crippen molar-refractivity contribution in [2.24, 2.45) is 9.98 Å². The summed E-state index contributed by atoms with van der Waals surface area (Å²) < 4.78 is 1.94. The van der Waals surface area contributed by atoms with Crippen molar-refractivity contribution in [1.29, 1.82) is 0 Å². The highest BCUT2D eigenvalue weighted by Crippen LogP contribution is 2.47. The Balaban J connectivity index is 1.49. The van der Waals surface area contributed by atoms with Crippen molar-refractivity contribution in [3.63, 3.8) is 0 Å². The lowest BCUT2D eigenvalue weighted by Gasteiger charge is -2.40. The molecule has 0 saturated carbocycles. The van der Waals surface area contributed by atoms with Crippen LogP contribution in [0.15, 0.2) is 107 Å². The monoisotopic (exact) mass is 509 g/mol. The van der Waals surface area contributed by atoms with E-state index < -0.39 is 0 Å². The third-order valence-electron chi connectivity index (χ3n) is 7.17. The summed E-state index contributed by atoms with van der Waals surface area (Å²) in [5, 5.41) is 8.56. The number of fused-ring (bicyclic) bond motifs is 4. The molecule has 5 aromatic rings. The molecule has 0 saturated heterocycles. The fraction of sp³-hybridized carbons (Fsp3) is 0.125. The number of pyridine rings is 1. The molecule has 2 aliphatic heterocycles. The number of nitrogens with one attached hydrogen (secondary N) is 1. The van der Waals surface area contributed by atoms with Crippen molar-refractivity contribution in [3.05, 3.63) is 125 Å². The zero-order valence-electron chi connectivity index (χ0n) is 22.0. The summed E-state index contributed by atoms with van der Waals surface area (Å²) in [5.74, 6) is 2.20. The minimum atomic E-state index is -0.237. The predicted octanol–water partition coefficient (Wildman–Crippen LogP) is 6.99. The number of para-hydroxylation sites is 2. The highest BCUT2D eigenvalue weighted by molar-refractivity contribution is 6.51. The minimum absolute atomic E-state index is 0.237. The maximum absolute atomic E-state index is 5.28. The molecule has 7 rings (SSSR count). The van der Waals surface area contributed by atoms with Crippen LogP contribution < -0.4 is 10.2 Å². The Morgan fingerprint density at radius 1 is 0.769 bits per heavy atom. The van der Waals surface area contributed by atoms with Gasteiger partial charge in [-0.2, -0.15) is 5.10 Å². The van der Waals surface area contributed by atoms with Gasteiger partial charge in [0.1, 0.15) is 6.04 Å². The Bertz CT molecular complexity index is 1760. The maximum atomic E-state index is 5.28. The minimum Gasteiger partial charge on any atom is -0.337 e. The molecular formula is C32H27N7. The van der Waals surface area contributed by atoms with Crippen molar-refractivity contribution in [2.45, 2.75) is 26.8 Å². The van der Waals surface area contributed by atoms with Crippen molar-refractivity contribution < 1.29 is 0 Å². The molecule has 190 valence electrons. The van der Waals surface area contributed by atoms with Gasteiger partial charge in [0.25, 0.3) is 0 Å². The fourth-order valence-electron chi connectivity index (χ4n) is 5.34. The Morgan fingerprint density at radius 2 is 1.59 bits per heavy atom. The van der Waals surface area contributed by atoms with Gasteiger partial charge in [0, 0.05) is 17.4 Å². The molecule has 0 amide bonds. The smallest absolute Gasteiger partial charge is 0.179 e. The average Bonchev–Trinajstić information content (AvgIpc) is 3.29. The first-order valence-electron chi connectivity index (χ1n) is 13.0. The van der Waals surface area contributed by atoms with E-state index in [1.807, 2.05) is 53.3 Å². The van der Waals surface area contributed by atoms with Gasteiger partial charge in [0.05, 0.1) is 28.5 Å². The number of hydrogen-bond donors (Lipinski definition) is 1. The number of nitrogens with zero attached hydrogens (tertiary/aromatic N) is 6. The summed E-state index contributed by atoms with van der Waals surface area (Å²) in [5.41, 5.74) is 9.01. The number of aliphatic imine (C=N–C) groups is 2. The van der Waals surface area contributed by atoms with Crippen molar-refractivity contribution in [3.8, 4) is 5.69 Å². The molecular weight excluding hydrogens is 482 g/mol. The largest absolute Gasteiger partial charge is 0.337 e. The second-order valence-electron chi connectivity index (χ2n) is 9.98. The van der Waals surface area contributed by atoms with Crippen LogP contribution in [0.1, 0.15) is 34.1 Å². The van der Waals surface area contributed by atoms with Gasteiger partial charge in [-0.1, -0.05) is 48.0 Å². The highest BCUT2D eigenvalue weighted by Gasteiger charge is 2.42. The van der Waals surface area contributed by atoms with Crippen LogP contribution in [0, 0.1) is 20.8 Å². The van der Waals surface area contributed by atoms with Gasteiger partial charge in [0.2, 0.25) is 0 Å². The molecule has 0 radical (unpaired) electrons. The second kappa shape index (κ2) is 9.06. The number of aryl methyl sites for hydroxylation is 3. The zero-order chi connectivity index (χ0) is 26.5. The van der Waals surface area contributed by atoms with Crippen molar-refractivity contribution in [1.82, 2.24) is 14.8 Å². The zero-order valence-corrected chi connectivity index (χ0v) is 22.0. The number of hydrogen-bond acceptors (Lipinski definition) is 6. The fourth-order valence-corrected chi connectivity index (χ4v) is 5.34. The van der Waals surface area contributed by atoms with Gasteiger partial charge in [-0.25, -0.2) is 14.7 Å². The Hall–Kier alpha value is -5.04. The van der Waals surface area contributed by atoms with E-state index in [1.165, 1.54) is 11.1 Å². The summed E-state index contributed by atoms with van der Waals surface area (Å²) in [6.45, 7) is 6.22. The molecule has 7 nitrogen and oxygen atoms in total. The van der Waals surface area contributed by atoms with E-state index in [1.54, 1.807) is 0 Å². The standard InChI is InChI=1S/C32H27N7/c1-20-14-16-24(17-15-20)39-31-28(22(3)37-39)29(26-12-6-7-18-33-26)38-27-13-5-4-11-25(27)35-30(32(38)36-31)34-23-10-8-9-21(2)19-23/h4-19,29H,1-3H3,(H,34,35)/t29-/m0/s1. The lowest BCUT2D eigenvalue weighted by molar-refractivity contribution is 0.785. The number of anilines is 2. The van der Waals surface area contributed by atoms with Gasteiger partial charge in [-0.05, 0) is 74.9 Å². The van der Waals surface area contributed by atoms with E-state index in [4.69, 9.17) is 20.1 Å². The number of aromatic nitrogens is 3. The van der Waals surface area contributed by atoms with E-state index in [2.05, 4.69) is 79.5 Å². The quantitative estimate of drug-likeness (QED) is 0.285. The van der Waals surface area contributed by atoms with Crippen molar-refractivity contribution in [2.75, 3.05) is 10.2 Å². The van der Waals surface area contributed by atoms with E-state index in [0.717, 1.165) is 51.4 Å². The molecule has 0 unspecified atom stereocenters. The van der Waals surface area contributed by atoms with Gasteiger partial charge < -0.3 is 10.2 Å². The van der Waals surface area contributed by atoms with Crippen molar-refractivity contribution >= 4 is 34.6 Å². The topological polar surface area (TPSA) is 70.7 Å². The Morgan fingerprint density at radius 3 is 2.38 bits per heavy atom. The van der Waals surface area contributed by atoms with E-state index in [-0.39, 0.29) is 6.04 Å². The van der Waals surface area contributed by atoms with Crippen LogP contribution in [-0.4, -0.2) is 26.4 Å². The average molecular weight is 510 g/mol. The number of amidine groups is 2. The summed E-state index contributed by atoms with van der Waals surface area (Å²) in [6, 6.07) is 30.6. The first-order valence-corrected chi connectivity index (χ1v) is 13.0. The first-order chi connectivity index (χ1) is 19.1. The summed E-state index contributed by atoms with van der Waals surface area (Å²) in [6.07, 6.45) is 1.84. The van der Waals surface area contributed by atoms with Gasteiger partial charge >= 0.3 is 0 Å². The molecule has 2 aliphatic rings. The Kier molecular flexibility index (Phi) is 5.37. The normalized spacial score (nSPS) is 15.6. The molecule has 39 heavy (non-hydrogen) atoms. The molecule has 0 bridgehead atoms. The molecule has 0 fully saturated rings. The summed E-state index contributed by atoms with van der Waals surface area (Å²) in [4.78, 5) is 17.4. The van der Waals surface area contributed by atoms with Gasteiger partial charge in [-0.3, -0.25) is 4.98 Å². The molecule has 0 aliphatic carbocycles. The van der Waals surface area contributed by atoms with Crippen LogP contribution in [0.4, 0.5) is 22.9 Å². The van der Waals surface area contributed by atoms with Crippen LogP contribution in [-0.2, 0) is 0 Å².